The van der Waals surface area contributed by atoms with Gasteiger partial charge in [0.2, 0.25) is 0 Å². The maximum absolute atomic E-state index is 13.6. The van der Waals surface area contributed by atoms with Crippen LogP contribution in [0.2, 0.25) is 0 Å². The van der Waals surface area contributed by atoms with Crippen LogP contribution < -0.4 is 0 Å². The molecule has 0 aliphatic rings. The highest BCUT2D eigenvalue weighted by Crippen LogP contribution is 2.35. The lowest BCUT2D eigenvalue weighted by molar-refractivity contribution is 0.0600. The van der Waals surface area contributed by atoms with Crippen molar-refractivity contribution in [3.8, 4) is 5.75 Å². The van der Waals surface area contributed by atoms with E-state index in [4.69, 9.17) is 0 Å². The Balaban J connectivity index is 2.86. The molecule has 2 aromatic carbocycles. The molecule has 94 valence electrons. The topological polar surface area (TPSA) is 46.5 Å². The molecule has 0 aliphatic carbocycles. The molecule has 1 N–H and O–H groups in total. The maximum atomic E-state index is 13.6. The van der Waals surface area contributed by atoms with E-state index in [-0.39, 0.29) is 20.8 Å². The number of phenolic OH excluding ortho intramolecular Hbond substituents is 1. The second-order valence-electron chi connectivity index (χ2n) is 3.56. The first kappa shape index (κ1) is 12.8. The van der Waals surface area contributed by atoms with E-state index in [0.29, 0.717) is 0 Å². The number of benzene rings is 2. The number of esters is 1. The van der Waals surface area contributed by atoms with Crippen LogP contribution in [0.5, 0.6) is 5.75 Å². The number of hydrogen-bond donors (Lipinski definition) is 1. The van der Waals surface area contributed by atoms with Gasteiger partial charge in [0.15, 0.2) is 11.6 Å². The van der Waals surface area contributed by atoms with Gasteiger partial charge in [-0.15, -0.1) is 0 Å². The summed E-state index contributed by atoms with van der Waals surface area (Å²) >= 11 is 3.05. The molecule has 18 heavy (non-hydrogen) atoms. The quantitative estimate of drug-likeness (QED) is 0.648. The number of fused-ring (bicyclic) bond motifs is 1. The molecule has 0 bridgehead atoms. The third-order valence-electron chi connectivity index (χ3n) is 2.48. The van der Waals surface area contributed by atoms with Gasteiger partial charge in [-0.25, -0.2) is 13.6 Å². The molecule has 0 amide bonds. The van der Waals surface area contributed by atoms with Crippen molar-refractivity contribution >= 4 is 32.7 Å². The number of halogens is 3. The SMILES string of the molecule is COC(=O)c1cc(O)c2c(F)c(F)cc(Br)c2c1. The number of carbonyl (C=O) groups is 1. The highest BCUT2D eigenvalue weighted by molar-refractivity contribution is 9.10. The standard InChI is InChI=1S/C12H7BrF2O3/c1-18-12(17)5-2-6-7(13)4-8(14)11(15)10(6)9(16)3-5/h2-4,16H,1H3. The van der Waals surface area contributed by atoms with Crippen molar-refractivity contribution in [2.75, 3.05) is 7.11 Å². The molecule has 0 unspecified atom stereocenters. The number of carbonyl (C=O) groups excluding carboxylic acids is 1. The number of ether oxygens (including phenoxy) is 1. The van der Waals surface area contributed by atoms with E-state index in [0.717, 1.165) is 12.1 Å². The number of phenols is 1. The zero-order chi connectivity index (χ0) is 13.4. The summed E-state index contributed by atoms with van der Waals surface area (Å²) in [5, 5.41) is 9.60. The summed E-state index contributed by atoms with van der Waals surface area (Å²) in [5.74, 6) is -3.45. The second kappa shape index (κ2) is 4.53. The van der Waals surface area contributed by atoms with Crippen LogP contribution in [-0.2, 0) is 4.74 Å². The Morgan fingerprint density at radius 1 is 1.33 bits per heavy atom. The molecule has 0 heterocycles. The lowest BCUT2D eigenvalue weighted by Gasteiger charge is -2.08. The average Bonchev–Trinajstić information content (AvgIpc) is 2.34. The number of aromatic hydroxyl groups is 1. The van der Waals surface area contributed by atoms with Gasteiger partial charge in [0.05, 0.1) is 18.1 Å². The molecule has 0 saturated heterocycles. The van der Waals surface area contributed by atoms with Crippen LogP contribution in [0.1, 0.15) is 10.4 Å². The van der Waals surface area contributed by atoms with Crippen LogP contribution in [0.4, 0.5) is 8.78 Å². The smallest absolute Gasteiger partial charge is 0.338 e. The maximum Gasteiger partial charge on any atom is 0.338 e. The third-order valence-corrected chi connectivity index (χ3v) is 3.13. The lowest BCUT2D eigenvalue weighted by Crippen LogP contribution is -2.01. The minimum absolute atomic E-state index is 0.0502. The Bertz CT molecular complexity index is 656. The van der Waals surface area contributed by atoms with Crippen molar-refractivity contribution in [3.63, 3.8) is 0 Å². The van der Waals surface area contributed by atoms with Crippen molar-refractivity contribution in [3.05, 3.63) is 39.9 Å². The van der Waals surface area contributed by atoms with Crippen molar-refractivity contribution in [2.24, 2.45) is 0 Å². The van der Waals surface area contributed by atoms with E-state index in [1.165, 1.54) is 13.2 Å². The van der Waals surface area contributed by atoms with Gasteiger partial charge in [-0.1, -0.05) is 15.9 Å². The Morgan fingerprint density at radius 2 is 2.00 bits per heavy atom. The van der Waals surface area contributed by atoms with E-state index >= 15 is 0 Å². The zero-order valence-electron chi connectivity index (χ0n) is 9.13. The van der Waals surface area contributed by atoms with E-state index in [2.05, 4.69) is 20.7 Å². The Morgan fingerprint density at radius 3 is 2.61 bits per heavy atom. The summed E-state index contributed by atoms with van der Waals surface area (Å²) in [4.78, 5) is 11.4. The Kier molecular flexibility index (Phi) is 3.21. The first-order valence-corrected chi connectivity index (χ1v) is 5.63. The Labute approximate surface area is 109 Å². The molecule has 3 nitrogen and oxygen atoms in total. The van der Waals surface area contributed by atoms with Gasteiger partial charge in [0.25, 0.3) is 0 Å². The first-order valence-electron chi connectivity index (χ1n) is 4.84. The van der Waals surface area contributed by atoms with Gasteiger partial charge in [-0.3, -0.25) is 0 Å². The van der Waals surface area contributed by atoms with E-state index in [9.17, 15) is 18.7 Å². The minimum Gasteiger partial charge on any atom is -0.507 e. The molecule has 0 radical (unpaired) electrons. The van der Waals surface area contributed by atoms with Gasteiger partial charge in [-0.2, -0.15) is 0 Å². The summed E-state index contributed by atoms with van der Waals surface area (Å²) < 4.78 is 31.5. The number of methoxy groups -OCH3 is 1. The first-order chi connectivity index (χ1) is 8.45. The fraction of sp³-hybridized carbons (Fsp3) is 0.0833. The van der Waals surface area contributed by atoms with Crippen LogP contribution in [0, 0.1) is 11.6 Å². The highest BCUT2D eigenvalue weighted by Gasteiger charge is 2.17. The largest absolute Gasteiger partial charge is 0.507 e. The zero-order valence-corrected chi connectivity index (χ0v) is 10.7. The molecule has 6 heteroatoms. The minimum atomic E-state index is -1.16. The predicted octanol–water partition coefficient (Wildman–Crippen LogP) is 3.37. The van der Waals surface area contributed by atoms with E-state index in [1.807, 2.05) is 0 Å². The summed E-state index contributed by atoms with van der Waals surface area (Å²) in [6.45, 7) is 0. The fourth-order valence-electron chi connectivity index (χ4n) is 1.65. The summed E-state index contributed by atoms with van der Waals surface area (Å²) in [7, 11) is 1.18. The molecule has 0 atom stereocenters. The number of hydrogen-bond acceptors (Lipinski definition) is 3. The monoisotopic (exact) mass is 316 g/mol. The Hall–Kier alpha value is -1.69. The third kappa shape index (κ3) is 1.92. The molecule has 0 spiro atoms. The molecule has 0 aliphatic heterocycles. The normalized spacial score (nSPS) is 10.7. The molecule has 0 fully saturated rings. The van der Waals surface area contributed by atoms with Crippen molar-refractivity contribution in [1.29, 1.82) is 0 Å². The van der Waals surface area contributed by atoms with Crippen LogP contribution in [0.25, 0.3) is 10.8 Å². The fourth-order valence-corrected chi connectivity index (χ4v) is 2.17. The van der Waals surface area contributed by atoms with Crippen molar-refractivity contribution in [2.45, 2.75) is 0 Å². The summed E-state index contributed by atoms with van der Waals surface area (Å²) in [6.07, 6.45) is 0. The molecule has 0 saturated carbocycles. The highest BCUT2D eigenvalue weighted by atomic mass is 79.9. The van der Waals surface area contributed by atoms with Crippen LogP contribution in [0.15, 0.2) is 22.7 Å². The molecule has 2 rings (SSSR count). The van der Waals surface area contributed by atoms with Crippen LogP contribution in [-0.4, -0.2) is 18.2 Å². The molecule has 0 aromatic heterocycles. The average molecular weight is 317 g/mol. The molecular weight excluding hydrogens is 310 g/mol. The number of rotatable bonds is 1. The van der Waals surface area contributed by atoms with E-state index in [1.54, 1.807) is 0 Å². The predicted molar refractivity (Wildman–Crippen MR) is 64.6 cm³/mol. The lowest BCUT2D eigenvalue weighted by atomic mass is 10.0. The van der Waals surface area contributed by atoms with Crippen LogP contribution in [0.3, 0.4) is 0 Å². The summed E-state index contributed by atoms with van der Waals surface area (Å²) in [6, 6.07) is 3.27. The van der Waals surface area contributed by atoms with Gasteiger partial charge in [0, 0.05) is 9.86 Å². The van der Waals surface area contributed by atoms with Crippen molar-refractivity contribution < 1.29 is 23.4 Å². The van der Waals surface area contributed by atoms with Gasteiger partial charge in [0.1, 0.15) is 5.75 Å². The molecule has 2 aromatic rings. The second-order valence-corrected chi connectivity index (χ2v) is 4.42. The molecular formula is C12H7BrF2O3. The van der Waals surface area contributed by atoms with Crippen LogP contribution >= 0.6 is 15.9 Å². The van der Waals surface area contributed by atoms with Gasteiger partial charge >= 0.3 is 5.97 Å². The summed E-state index contributed by atoms with van der Waals surface area (Å²) in [5.41, 5.74) is 0.0502. The van der Waals surface area contributed by atoms with E-state index < -0.39 is 23.4 Å². The van der Waals surface area contributed by atoms with Gasteiger partial charge in [-0.05, 0) is 18.2 Å². The van der Waals surface area contributed by atoms with Crippen molar-refractivity contribution in [1.82, 2.24) is 0 Å². The van der Waals surface area contributed by atoms with Gasteiger partial charge < -0.3 is 9.84 Å².